The molecule has 0 aliphatic rings. The van der Waals surface area contributed by atoms with Crippen molar-refractivity contribution in [2.24, 2.45) is 0 Å². The molecule has 2 aromatic carbocycles. The summed E-state index contributed by atoms with van der Waals surface area (Å²) in [6, 6.07) is 4.43. The molecule has 1 nitrogen and oxygen atoms in total. The Kier molecular flexibility index (Phi) is 4.88. The van der Waals surface area contributed by atoms with Gasteiger partial charge in [0.15, 0.2) is 5.78 Å². The van der Waals surface area contributed by atoms with E-state index in [0.717, 1.165) is 24.3 Å². The minimum absolute atomic E-state index is 0.300. The summed E-state index contributed by atoms with van der Waals surface area (Å²) in [5.41, 5.74) is -4.69. The Bertz CT molecular complexity index is 730. The Morgan fingerprint density at radius 3 is 1.33 bits per heavy atom. The van der Waals surface area contributed by atoms with E-state index < -0.39 is 40.4 Å². The molecule has 0 heterocycles. The van der Waals surface area contributed by atoms with Crippen LogP contribution in [0.1, 0.15) is 27.0 Å². The van der Waals surface area contributed by atoms with Crippen molar-refractivity contribution in [3.8, 4) is 0 Å². The average molecular weight is 387 g/mol. The zero-order valence-corrected chi connectivity index (χ0v) is 12.9. The van der Waals surface area contributed by atoms with Crippen LogP contribution >= 0.6 is 23.2 Å². The van der Waals surface area contributed by atoms with Crippen molar-refractivity contribution in [3.63, 3.8) is 0 Å². The Labute approximate surface area is 141 Å². The van der Waals surface area contributed by atoms with E-state index in [4.69, 9.17) is 23.2 Å². The van der Waals surface area contributed by atoms with Gasteiger partial charge < -0.3 is 0 Å². The van der Waals surface area contributed by atoms with E-state index in [2.05, 4.69) is 0 Å². The summed E-state index contributed by atoms with van der Waals surface area (Å²) in [6.45, 7) is 0. The molecule has 0 N–H and O–H groups in total. The van der Waals surface area contributed by atoms with Crippen LogP contribution in [-0.2, 0) is 12.4 Å². The van der Waals surface area contributed by atoms with Crippen LogP contribution in [-0.4, -0.2) is 5.78 Å². The number of benzene rings is 2. The van der Waals surface area contributed by atoms with Gasteiger partial charge in [-0.05, 0) is 36.4 Å². The standard InChI is InChI=1S/C15H6Cl2F6O/c16-7-1-3-9(11(5-7)14(18,19)20)13(24)10-4-2-8(17)6-12(10)15(21,22)23/h1-6H. The molecule has 9 heteroatoms. The molecule has 2 aromatic rings. The van der Waals surface area contributed by atoms with E-state index in [1.54, 1.807) is 0 Å². The number of rotatable bonds is 2. The predicted octanol–water partition coefficient (Wildman–Crippen LogP) is 6.26. The van der Waals surface area contributed by atoms with Crippen LogP contribution in [0.4, 0.5) is 26.3 Å². The second-order valence-electron chi connectivity index (χ2n) is 4.70. The van der Waals surface area contributed by atoms with Gasteiger partial charge in [0.2, 0.25) is 0 Å². The van der Waals surface area contributed by atoms with E-state index in [0.29, 0.717) is 12.1 Å². The lowest BCUT2D eigenvalue weighted by Gasteiger charge is -2.16. The van der Waals surface area contributed by atoms with Gasteiger partial charge in [-0.1, -0.05) is 23.2 Å². The highest BCUT2D eigenvalue weighted by Gasteiger charge is 2.39. The first kappa shape index (κ1) is 18.6. The molecule has 0 saturated carbocycles. The van der Waals surface area contributed by atoms with Crippen molar-refractivity contribution in [2.45, 2.75) is 12.4 Å². The third kappa shape index (κ3) is 3.84. The zero-order valence-electron chi connectivity index (χ0n) is 11.4. The molecule has 0 radical (unpaired) electrons. The lowest BCUT2D eigenvalue weighted by molar-refractivity contribution is -0.138. The minimum atomic E-state index is -4.96. The van der Waals surface area contributed by atoms with Gasteiger partial charge in [-0.25, -0.2) is 0 Å². The van der Waals surface area contributed by atoms with Gasteiger partial charge in [-0.2, -0.15) is 26.3 Å². The third-order valence-corrected chi connectivity index (χ3v) is 3.53. The summed E-state index contributed by atoms with van der Waals surface area (Å²) < 4.78 is 78.3. The molecule has 0 unspecified atom stereocenters. The van der Waals surface area contributed by atoms with Crippen LogP contribution in [0.5, 0.6) is 0 Å². The summed E-state index contributed by atoms with van der Waals surface area (Å²) in [5.74, 6) is -1.43. The van der Waals surface area contributed by atoms with Gasteiger partial charge in [0.25, 0.3) is 0 Å². The van der Waals surface area contributed by atoms with Gasteiger partial charge in [0, 0.05) is 21.2 Å². The second-order valence-corrected chi connectivity index (χ2v) is 5.58. The van der Waals surface area contributed by atoms with Gasteiger partial charge in [0.1, 0.15) is 0 Å². The van der Waals surface area contributed by atoms with Crippen molar-refractivity contribution < 1.29 is 31.1 Å². The molecule has 2 rings (SSSR count). The Hall–Kier alpha value is -1.73. The monoisotopic (exact) mass is 386 g/mol. The first-order valence-corrected chi connectivity index (χ1v) is 6.95. The summed E-state index contributed by atoms with van der Waals surface area (Å²) in [4.78, 5) is 12.3. The Morgan fingerprint density at radius 1 is 0.708 bits per heavy atom. The molecule has 0 bridgehead atoms. The third-order valence-electron chi connectivity index (χ3n) is 3.06. The number of hydrogen-bond acceptors (Lipinski definition) is 1. The second kappa shape index (κ2) is 6.29. The normalized spacial score (nSPS) is 12.3. The fourth-order valence-electron chi connectivity index (χ4n) is 2.04. The van der Waals surface area contributed by atoms with Crippen molar-refractivity contribution in [1.29, 1.82) is 0 Å². The number of ketones is 1. The molecule has 0 saturated heterocycles. The van der Waals surface area contributed by atoms with Crippen molar-refractivity contribution in [1.82, 2.24) is 0 Å². The highest BCUT2D eigenvalue weighted by molar-refractivity contribution is 6.31. The quantitative estimate of drug-likeness (QED) is 0.439. The lowest BCUT2D eigenvalue weighted by atomic mass is 9.94. The van der Waals surface area contributed by atoms with Crippen LogP contribution in [0.2, 0.25) is 10.0 Å². The van der Waals surface area contributed by atoms with Crippen LogP contribution in [0.15, 0.2) is 36.4 Å². The molecular formula is C15H6Cl2F6O. The molecule has 0 aromatic heterocycles. The highest BCUT2D eigenvalue weighted by atomic mass is 35.5. The fraction of sp³-hybridized carbons (Fsp3) is 0.133. The smallest absolute Gasteiger partial charge is 0.289 e. The summed E-state index contributed by atoms with van der Waals surface area (Å²) in [6.07, 6.45) is -9.92. The molecule has 0 aliphatic heterocycles. The van der Waals surface area contributed by atoms with Gasteiger partial charge in [0.05, 0.1) is 11.1 Å². The van der Waals surface area contributed by atoms with Crippen LogP contribution < -0.4 is 0 Å². The van der Waals surface area contributed by atoms with Crippen LogP contribution in [0, 0.1) is 0 Å². The summed E-state index contributed by atoms with van der Waals surface area (Å²) in [5, 5.41) is -0.600. The molecule has 0 fully saturated rings. The van der Waals surface area contributed by atoms with Crippen LogP contribution in [0.25, 0.3) is 0 Å². The first-order chi connectivity index (χ1) is 10.9. The van der Waals surface area contributed by atoms with E-state index in [1.165, 1.54) is 0 Å². The maximum Gasteiger partial charge on any atom is 0.417 e. The van der Waals surface area contributed by atoms with Crippen molar-refractivity contribution in [2.75, 3.05) is 0 Å². The molecular weight excluding hydrogens is 381 g/mol. The van der Waals surface area contributed by atoms with E-state index in [9.17, 15) is 31.1 Å². The highest BCUT2D eigenvalue weighted by Crippen LogP contribution is 2.38. The topological polar surface area (TPSA) is 17.1 Å². The Morgan fingerprint density at radius 2 is 1.04 bits per heavy atom. The van der Waals surface area contributed by atoms with E-state index in [-0.39, 0.29) is 10.0 Å². The maximum atomic E-state index is 13.0. The first-order valence-electron chi connectivity index (χ1n) is 6.19. The predicted molar refractivity (Wildman–Crippen MR) is 76.3 cm³/mol. The molecule has 0 aliphatic carbocycles. The largest absolute Gasteiger partial charge is 0.417 e. The molecule has 0 spiro atoms. The minimum Gasteiger partial charge on any atom is -0.289 e. The number of carbonyl (C=O) groups excluding carboxylic acids is 1. The summed E-state index contributed by atoms with van der Waals surface area (Å²) in [7, 11) is 0. The average Bonchev–Trinajstić information content (AvgIpc) is 2.44. The van der Waals surface area contributed by atoms with Crippen LogP contribution in [0.3, 0.4) is 0 Å². The SMILES string of the molecule is O=C(c1ccc(Cl)cc1C(F)(F)F)c1ccc(Cl)cc1C(F)(F)F. The number of carbonyl (C=O) groups is 1. The van der Waals surface area contributed by atoms with E-state index >= 15 is 0 Å². The maximum absolute atomic E-state index is 13.0. The molecule has 24 heavy (non-hydrogen) atoms. The zero-order chi connectivity index (χ0) is 18.3. The van der Waals surface area contributed by atoms with E-state index in [1.807, 2.05) is 0 Å². The van der Waals surface area contributed by atoms with Crippen molar-refractivity contribution in [3.05, 3.63) is 68.7 Å². The Balaban J connectivity index is 2.68. The fourth-order valence-corrected chi connectivity index (χ4v) is 2.39. The molecule has 0 atom stereocenters. The van der Waals surface area contributed by atoms with Gasteiger partial charge in [-0.15, -0.1) is 0 Å². The van der Waals surface area contributed by atoms with Gasteiger partial charge >= 0.3 is 12.4 Å². The molecule has 0 amide bonds. The lowest BCUT2D eigenvalue weighted by Crippen LogP contribution is -2.18. The number of halogens is 8. The number of alkyl halides is 6. The van der Waals surface area contributed by atoms with Crippen molar-refractivity contribution >= 4 is 29.0 Å². The number of hydrogen-bond donors (Lipinski definition) is 0. The van der Waals surface area contributed by atoms with Gasteiger partial charge in [-0.3, -0.25) is 4.79 Å². The molecule has 128 valence electrons. The summed E-state index contributed by atoms with van der Waals surface area (Å²) >= 11 is 11.0.